The van der Waals surface area contributed by atoms with Crippen LogP contribution in [-0.2, 0) is 19.3 Å². The number of hydrogen-bond donors (Lipinski definition) is 0. The molecule has 0 saturated carbocycles. The lowest BCUT2D eigenvalue weighted by molar-refractivity contribution is 0.963. The number of benzene rings is 2. The maximum Gasteiger partial charge on any atom is 0.0688 e. The highest BCUT2D eigenvalue weighted by Gasteiger charge is 2.36. The Hall–Kier alpha value is -3.46. The van der Waals surface area contributed by atoms with Crippen molar-refractivity contribution in [2.45, 2.75) is 19.3 Å². The Balaban J connectivity index is 1.60. The maximum atomic E-state index is 4.77. The largest absolute Gasteiger partial charge is 0.308 e. The Bertz CT molecular complexity index is 1290. The van der Waals surface area contributed by atoms with Crippen LogP contribution in [0.25, 0.3) is 11.1 Å². The third kappa shape index (κ3) is 1.74. The minimum Gasteiger partial charge on any atom is -0.308 e. The van der Waals surface area contributed by atoms with Crippen molar-refractivity contribution >= 4 is 17.1 Å². The predicted molar refractivity (Wildman–Crippen MR) is 111 cm³/mol. The molecule has 0 N–H and O–H groups in total. The SMILES string of the molecule is c1ccc2c(c1)Cc1cc3c4c(c1-2)Cc1ncccc1N4c1ccncc1C3. The molecule has 7 rings (SSSR count). The average molecular weight is 359 g/mol. The fraction of sp³-hybridized carbons (Fsp3) is 0.120. The highest BCUT2D eigenvalue weighted by Crippen LogP contribution is 2.54. The summed E-state index contributed by atoms with van der Waals surface area (Å²) in [6.07, 6.45) is 8.70. The zero-order chi connectivity index (χ0) is 18.2. The first-order valence-electron chi connectivity index (χ1n) is 9.81. The Morgan fingerprint density at radius 2 is 1.68 bits per heavy atom. The first-order chi connectivity index (χ1) is 13.9. The van der Waals surface area contributed by atoms with Crippen LogP contribution >= 0.6 is 0 Å². The van der Waals surface area contributed by atoms with Crippen LogP contribution in [0.3, 0.4) is 0 Å². The van der Waals surface area contributed by atoms with Gasteiger partial charge in [-0.25, -0.2) is 0 Å². The predicted octanol–water partition coefficient (Wildman–Crippen LogP) is 5.33. The van der Waals surface area contributed by atoms with Crippen LogP contribution in [-0.4, -0.2) is 9.97 Å². The fourth-order valence-corrected chi connectivity index (χ4v) is 5.33. The van der Waals surface area contributed by atoms with Crippen LogP contribution in [0.2, 0.25) is 0 Å². The van der Waals surface area contributed by atoms with Gasteiger partial charge < -0.3 is 4.90 Å². The summed E-state index contributed by atoms with van der Waals surface area (Å²) in [6.45, 7) is 0. The normalized spacial score (nSPS) is 14.6. The number of hydrogen-bond acceptors (Lipinski definition) is 3. The van der Waals surface area contributed by atoms with Crippen molar-refractivity contribution < 1.29 is 0 Å². The van der Waals surface area contributed by atoms with Crippen LogP contribution in [0.1, 0.15) is 33.5 Å². The number of pyridine rings is 2. The summed E-state index contributed by atoms with van der Waals surface area (Å²) in [5.74, 6) is 0. The molecule has 3 heteroatoms. The van der Waals surface area contributed by atoms with Gasteiger partial charge in [-0.05, 0) is 63.6 Å². The van der Waals surface area contributed by atoms with Gasteiger partial charge in [0.15, 0.2) is 0 Å². The second-order valence-corrected chi connectivity index (χ2v) is 7.89. The first-order valence-corrected chi connectivity index (χ1v) is 9.81. The topological polar surface area (TPSA) is 29.0 Å². The molecule has 0 saturated heterocycles. The van der Waals surface area contributed by atoms with Crippen LogP contribution < -0.4 is 4.90 Å². The van der Waals surface area contributed by atoms with Crippen molar-refractivity contribution in [3.8, 4) is 11.1 Å². The van der Waals surface area contributed by atoms with Gasteiger partial charge >= 0.3 is 0 Å². The molecule has 4 aromatic rings. The van der Waals surface area contributed by atoms with Gasteiger partial charge in [-0.1, -0.05) is 30.3 Å². The molecule has 4 heterocycles. The third-order valence-electron chi connectivity index (χ3n) is 6.40. The molecular weight excluding hydrogens is 342 g/mol. The quantitative estimate of drug-likeness (QED) is 0.367. The summed E-state index contributed by atoms with van der Waals surface area (Å²) in [4.78, 5) is 11.6. The molecule has 132 valence electrons. The van der Waals surface area contributed by atoms with Gasteiger partial charge in [0.1, 0.15) is 0 Å². The van der Waals surface area contributed by atoms with E-state index >= 15 is 0 Å². The second kappa shape index (κ2) is 5.08. The number of rotatable bonds is 0. The van der Waals surface area contributed by atoms with Gasteiger partial charge in [0.05, 0.1) is 22.8 Å². The van der Waals surface area contributed by atoms with E-state index in [1.807, 2.05) is 24.7 Å². The highest BCUT2D eigenvalue weighted by molar-refractivity contribution is 5.94. The van der Waals surface area contributed by atoms with E-state index in [0.29, 0.717) is 0 Å². The van der Waals surface area contributed by atoms with E-state index in [4.69, 9.17) is 4.98 Å². The molecule has 0 radical (unpaired) electrons. The zero-order valence-electron chi connectivity index (χ0n) is 15.3. The lowest BCUT2D eigenvalue weighted by Crippen LogP contribution is -2.26. The summed E-state index contributed by atoms with van der Waals surface area (Å²) in [6, 6.07) is 17.7. The van der Waals surface area contributed by atoms with Gasteiger partial charge in [0, 0.05) is 31.4 Å². The average Bonchev–Trinajstić information content (AvgIpc) is 3.11. The summed E-state index contributed by atoms with van der Waals surface area (Å²) in [7, 11) is 0. The molecule has 0 fully saturated rings. The van der Waals surface area contributed by atoms with Crippen molar-refractivity contribution in [3.05, 3.63) is 101 Å². The molecule has 0 unspecified atom stereocenters. The summed E-state index contributed by atoms with van der Waals surface area (Å²) >= 11 is 0. The smallest absolute Gasteiger partial charge is 0.0688 e. The monoisotopic (exact) mass is 359 g/mol. The highest BCUT2D eigenvalue weighted by atomic mass is 15.2. The molecular formula is C25H17N3. The molecule has 0 spiro atoms. The lowest BCUT2D eigenvalue weighted by Gasteiger charge is -2.39. The first kappa shape index (κ1) is 14.6. The van der Waals surface area contributed by atoms with E-state index in [0.717, 1.165) is 25.0 Å². The Morgan fingerprint density at radius 3 is 2.68 bits per heavy atom. The van der Waals surface area contributed by atoms with Crippen LogP contribution in [0.5, 0.6) is 0 Å². The van der Waals surface area contributed by atoms with Gasteiger partial charge in [0.2, 0.25) is 0 Å². The molecule has 2 aromatic heterocycles. The van der Waals surface area contributed by atoms with E-state index in [2.05, 4.69) is 52.3 Å². The number of nitrogens with zero attached hydrogens (tertiary/aromatic N) is 3. The van der Waals surface area contributed by atoms with Crippen LogP contribution in [0, 0.1) is 0 Å². The standard InChI is InChI=1S/C25H17N3/c1-2-5-19-15(4-1)10-16-11-17-12-18-14-26-9-7-22(18)28-23-6-3-8-27-21(23)13-20(24(16)19)25(17)28/h1-9,11,14H,10,12-13H2. The minimum atomic E-state index is 0.896. The molecule has 2 aromatic carbocycles. The molecule has 3 aliphatic rings. The third-order valence-corrected chi connectivity index (χ3v) is 6.40. The molecule has 3 nitrogen and oxygen atoms in total. The second-order valence-electron chi connectivity index (χ2n) is 7.89. The number of aromatic nitrogens is 2. The Labute approximate surface area is 163 Å². The van der Waals surface area contributed by atoms with Crippen LogP contribution in [0.4, 0.5) is 17.1 Å². The van der Waals surface area contributed by atoms with Crippen molar-refractivity contribution in [3.63, 3.8) is 0 Å². The summed E-state index contributed by atoms with van der Waals surface area (Å²) < 4.78 is 0. The maximum absolute atomic E-state index is 4.77. The minimum absolute atomic E-state index is 0.896. The van der Waals surface area contributed by atoms with Crippen molar-refractivity contribution in [2.24, 2.45) is 0 Å². The Kier molecular flexibility index (Phi) is 2.64. The summed E-state index contributed by atoms with van der Waals surface area (Å²) in [5, 5.41) is 0. The molecule has 0 bridgehead atoms. The number of anilines is 3. The molecule has 28 heavy (non-hydrogen) atoms. The van der Waals surface area contributed by atoms with E-state index in [1.165, 1.54) is 56.0 Å². The van der Waals surface area contributed by atoms with Crippen molar-refractivity contribution in [1.29, 1.82) is 0 Å². The van der Waals surface area contributed by atoms with E-state index in [-0.39, 0.29) is 0 Å². The Morgan fingerprint density at radius 1 is 0.750 bits per heavy atom. The lowest BCUT2D eigenvalue weighted by atomic mass is 9.83. The molecule has 0 atom stereocenters. The van der Waals surface area contributed by atoms with E-state index in [9.17, 15) is 0 Å². The van der Waals surface area contributed by atoms with Gasteiger partial charge in [-0.15, -0.1) is 0 Å². The van der Waals surface area contributed by atoms with Crippen molar-refractivity contribution in [2.75, 3.05) is 4.90 Å². The van der Waals surface area contributed by atoms with Crippen molar-refractivity contribution in [1.82, 2.24) is 9.97 Å². The van der Waals surface area contributed by atoms with Gasteiger partial charge in [0.25, 0.3) is 0 Å². The van der Waals surface area contributed by atoms with E-state index < -0.39 is 0 Å². The zero-order valence-corrected chi connectivity index (χ0v) is 15.3. The van der Waals surface area contributed by atoms with Gasteiger partial charge in [-0.3, -0.25) is 9.97 Å². The summed E-state index contributed by atoms with van der Waals surface area (Å²) in [5.41, 5.74) is 14.8. The fourth-order valence-electron chi connectivity index (χ4n) is 5.33. The molecule has 1 aliphatic carbocycles. The van der Waals surface area contributed by atoms with E-state index in [1.54, 1.807) is 0 Å². The number of fused-ring (bicyclic) bond motifs is 8. The van der Waals surface area contributed by atoms with Crippen LogP contribution in [0.15, 0.2) is 67.1 Å². The molecule has 2 aliphatic heterocycles. The van der Waals surface area contributed by atoms with Gasteiger partial charge in [-0.2, -0.15) is 0 Å². The molecule has 0 amide bonds.